The second-order valence-electron chi connectivity index (χ2n) is 2.87. The monoisotopic (exact) mass is 298 g/mol. The molecule has 72 valence electrons. The van der Waals surface area contributed by atoms with E-state index in [4.69, 9.17) is 11.0 Å². The molecule has 2 N–H and O–H groups in total. The van der Waals surface area contributed by atoms with Gasteiger partial charge in [0.15, 0.2) is 0 Å². The standard InChI is InChI=1S/C11H11IN2/c1-2-8(7-13)11(14)9-4-3-5-10(12)6-9/h3-6H,2,14H2,1H3/b11-8-. The predicted octanol–water partition coefficient (Wildman–Crippen LogP) is 2.89. The van der Waals surface area contributed by atoms with E-state index >= 15 is 0 Å². The average molecular weight is 298 g/mol. The molecule has 0 aromatic heterocycles. The predicted molar refractivity (Wildman–Crippen MR) is 66.2 cm³/mol. The number of benzene rings is 1. The molecule has 0 amide bonds. The smallest absolute Gasteiger partial charge is 0.0968 e. The first-order valence-corrected chi connectivity index (χ1v) is 5.41. The van der Waals surface area contributed by atoms with E-state index in [1.165, 1.54) is 0 Å². The number of nitriles is 1. The number of nitrogens with two attached hydrogens (primary N) is 1. The van der Waals surface area contributed by atoms with Gasteiger partial charge >= 0.3 is 0 Å². The fourth-order valence-electron chi connectivity index (χ4n) is 1.16. The van der Waals surface area contributed by atoms with E-state index < -0.39 is 0 Å². The maximum Gasteiger partial charge on any atom is 0.0968 e. The molecule has 0 bridgehead atoms. The summed E-state index contributed by atoms with van der Waals surface area (Å²) in [5.74, 6) is 0. The van der Waals surface area contributed by atoms with Crippen LogP contribution in [0.3, 0.4) is 0 Å². The van der Waals surface area contributed by atoms with E-state index in [-0.39, 0.29) is 0 Å². The molecule has 0 heterocycles. The Hall–Kier alpha value is -1.02. The van der Waals surface area contributed by atoms with Crippen LogP contribution < -0.4 is 5.73 Å². The van der Waals surface area contributed by atoms with E-state index in [0.29, 0.717) is 17.7 Å². The molecule has 0 aliphatic heterocycles. The van der Waals surface area contributed by atoms with Crippen LogP contribution in [0.2, 0.25) is 0 Å². The molecule has 0 saturated heterocycles. The first-order chi connectivity index (χ1) is 6.69. The largest absolute Gasteiger partial charge is 0.397 e. The molecule has 0 spiro atoms. The zero-order valence-corrected chi connectivity index (χ0v) is 10.1. The summed E-state index contributed by atoms with van der Waals surface area (Å²) >= 11 is 2.23. The summed E-state index contributed by atoms with van der Waals surface area (Å²) in [7, 11) is 0. The Kier molecular flexibility index (Phi) is 3.96. The highest BCUT2D eigenvalue weighted by atomic mass is 127. The van der Waals surface area contributed by atoms with E-state index in [9.17, 15) is 0 Å². The summed E-state index contributed by atoms with van der Waals surface area (Å²) in [6, 6.07) is 9.95. The summed E-state index contributed by atoms with van der Waals surface area (Å²) in [6.07, 6.45) is 0.674. The van der Waals surface area contributed by atoms with Crippen LogP contribution in [0.15, 0.2) is 29.8 Å². The second kappa shape index (κ2) is 5.01. The number of nitrogens with zero attached hydrogens (tertiary/aromatic N) is 1. The maximum atomic E-state index is 8.84. The van der Waals surface area contributed by atoms with Crippen molar-refractivity contribution in [3.63, 3.8) is 0 Å². The first kappa shape index (κ1) is 11.1. The minimum Gasteiger partial charge on any atom is -0.397 e. The van der Waals surface area contributed by atoms with Gasteiger partial charge in [-0.2, -0.15) is 5.26 Å². The van der Waals surface area contributed by atoms with Crippen LogP contribution in [-0.2, 0) is 0 Å². The number of hydrogen-bond acceptors (Lipinski definition) is 2. The van der Waals surface area contributed by atoms with Crippen molar-refractivity contribution >= 4 is 28.3 Å². The zero-order chi connectivity index (χ0) is 10.6. The molecule has 1 rings (SSSR count). The fourth-order valence-corrected chi connectivity index (χ4v) is 1.70. The lowest BCUT2D eigenvalue weighted by molar-refractivity contribution is 1.14. The second-order valence-corrected chi connectivity index (χ2v) is 4.11. The summed E-state index contributed by atoms with van der Waals surface area (Å²) in [4.78, 5) is 0. The van der Waals surface area contributed by atoms with Crippen LogP contribution in [0.1, 0.15) is 18.9 Å². The molecule has 0 fully saturated rings. The van der Waals surface area contributed by atoms with Gasteiger partial charge < -0.3 is 5.73 Å². The SMILES string of the molecule is CC/C(C#N)=C(/N)c1cccc(I)c1. The van der Waals surface area contributed by atoms with Gasteiger partial charge in [0.2, 0.25) is 0 Å². The van der Waals surface area contributed by atoms with Crippen molar-refractivity contribution in [1.82, 2.24) is 0 Å². The highest BCUT2D eigenvalue weighted by molar-refractivity contribution is 14.1. The number of rotatable bonds is 2. The number of allylic oxidation sites excluding steroid dienone is 1. The minimum absolute atomic E-state index is 0.591. The molecule has 0 unspecified atom stereocenters. The van der Waals surface area contributed by atoms with Gasteiger partial charge in [-0.1, -0.05) is 19.1 Å². The number of halogens is 1. The lowest BCUT2D eigenvalue weighted by Gasteiger charge is -2.04. The highest BCUT2D eigenvalue weighted by Crippen LogP contribution is 2.17. The van der Waals surface area contributed by atoms with E-state index in [1.54, 1.807) is 0 Å². The lowest BCUT2D eigenvalue weighted by Crippen LogP contribution is -2.00. The van der Waals surface area contributed by atoms with Gasteiger partial charge in [-0.15, -0.1) is 0 Å². The van der Waals surface area contributed by atoms with Crippen LogP contribution in [0.25, 0.3) is 5.70 Å². The van der Waals surface area contributed by atoms with E-state index in [1.807, 2.05) is 31.2 Å². The van der Waals surface area contributed by atoms with Crippen LogP contribution in [0, 0.1) is 14.9 Å². The molecule has 3 heteroatoms. The van der Waals surface area contributed by atoms with Crippen molar-refractivity contribution in [1.29, 1.82) is 5.26 Å². The van der Waals surface area contributed by atoms with Crippen LogP contribution in [0.5, 0.6) is 0 Å². The average Bonchev–Trinajstić information content (AvgIpc) is 2.19. The lowest BCUT2D eigenvalue weighted by atomic mass is 10.1. The third-order valence-electron chi connectivity index (χ3n) is 1.95. The highest BCUT2D eigenvalue weighted by Gasteiger charge is 2.03. The molecule has 1 aromatic carbocycles. The third kappa shape index (κ3) is 2.48. The minimum atomic E-state index is 0.591. The summed E-state index contributed by atoms with van der Waals surface area (Å²) in [5, 5.41) is 8.84. The molecule has 0 aliphatic carbocycles. The van der Waals surface area contributed by atoms with Crippen molar-refractivity contribution in [3.05, 3.63) is 39.0 Å². The zero-order valence-electron chi connectivity index (χ0n) is 7.92. The van der Waals surface area contributed by atoms with E-state index in [2.05, 4.69) is 28.7 Å². The molecule has 0 saturated carbocycles. The van der Waals surface area contributed by atoms with Crippen LogP contribution in [-0.4, -0.2) is 0 Å². The van der Waals surface area contributed by atoms with Gasteiger partial charge in [0.25, 0.3) is 0 Å². The first-order valence-electron chi connectivity index (χ1n) is 4.33. The van der Waals surface area contributed by atoms with Crippen molar-refractivity contribution < 1.29 is 0 Å². The third-order valence-corrected chi connectivity index (χ3v) is 2.62. The van der Waals surface area contributed by atoms with Crippen LogP contribution in [0.4, 0.5) is 0 Å². The maximum absolute atomic E-state index is 8.84. The van der Waals surface area contributed by atoms with Crippen molar-refractivity contribution in [3.8, 4) is 6.07 Å². The Morgan fingerprint density at radius 1 is 1.57 bits per heavy atom. The van der Waals surface area contributed by atoms with Gasteiger partial charge in [0, 0.05) is 3.57 Å². The summed E-state index contributed by atoms with van der Waals surface area (Å²) in [5.41, 5.74) is 8.05. The Balaban J connectivity index is 3.18. The molecular weight excluding hydrogens is 287 g/mol. The van der Waals surface area contributed by atoms with Gasteiger partial charge in [0.1, 0.15) is 0 Å². The van der Waals surface area contributed by atoms with Crippen molar-refractivity contribution in [2.75, 3.05) is 0 Å². The Morgan fingerprint density at radius 3 is 2.79 bits per heavy atom. The number of hydrogen-bond donors (Lipinski definition) is 1. The summed E-state index contributed by atoms with van der Waals surface area (Å²) in [6.45, 7) is 1.93. The summed E-state index contributed by atoms with van der Waals surface area (Å²) < 4.78 is 1.12. The Morgan fingerprint density at radius 2 is 2.29 bits per heavy atom. The fraction of sp³-hybridized carbons (Fsp3) is 0.182. The van der Waals surface area contributed by atoms with Gasteiger partial charge in [-0.25, -0.2) is 0 Å². The molecule has 0 aliphatic rings. The van der Waals surface area contributed by atoms with Gasteiger partial charge in [-0.05, 0) is 46.7 Å². The van der Waals surface area contributed by atoms with Crippen molar-refractivity contribution in [2.24, 2.45) is 5.73 Å². The molecule has 1 aromatic rings. The molecule has 14 heavy (non-hydrogen) atoms. The normalized spacial score (nSPS) is 11.8. The van der Waals surface area contributed by atoms with E-state index in [0.717, 1.165) is 9.13 Å². The van der Waals surface area contributed by atoms with Crippen LogP contribution >= 0.6 is 22.6 Å². The molecule has 0 radical (unpaired) electrons. The Bertz CT molecular complexity index is 402. The molecule has 0 atom stereocenters. The van der Waals surface area contributed by atoms with Gasteiger partial charge in [0.05, 0.1) is 17.3 Å². The van der Waals surface area contributed by atoms with Crippen molar-refractivity contribution in [2.45, 2.75) is 13.3 Å². The topological polar surface area (TPSA) is 49.8 Å². The molecule has 2 nitrogen and oxygen atoms in total. The quantitative estimate of drug-likeness (QED) is 0.674. The van der Waals surface area contributed by atoms with Gasteiger partial charge in [-0.3, -0.25) is 0 Å². The Labute approximate surface area is 97.6 Å². The molecular formula is C11H11IN2.